The van der Waals surface area contributed by atoms with Gasteiger partial charge in [0.05, 0.1) is 0 Å². The van der Waals surface area contributed by atoms with Gasteiger partial charge in [0.2, 0.25) is 0 Å². The van der Waals surface area contributed by atoms with E-state index < -0.39 is 0 Å². The summed E-state index contributed by atoms with van der Waals surface area (Å²) >= 11 is 1.96. The minimum Gasteiger partial charge on any atom is -0.396 e. The number of carbonyl (C=O) groups excluding carboxylic acids is 1. The molecule has 1 saturated carbocycles. The Hall–Kier alpha value is -0.420. The molecule has 0 spiro atoms. The maximum absolute atomic E-state index is 12.1. The minimum atomic E-state index is -0.0657. The summed E-state index contributed by atoms with van der Waals surface area (Å²) in [7, 11) is 0. The van der Waals surface area contributed by atoms with Crippen molar-refractivity contribution in [2.24, 2.45) is 5.92 Å². The van der Waals surface area contributed by atoms with Gasteiger partial charge in [-0.25, -0.2) is 4.79 Å². The van der Waals surface area contributed by atoms with Crippen molar-refractivity contribution in [2.45, 2.75) is 62.7 Å². The van der Waals surface area contributed by atoms with Gasteiger partial charge in [-0.15, -0.1) is 0 Å². The van der Waals surface area contributed by atoms with E-state index in [0.717, 1.165) is 25.8 Å². The van der Waals surface area contributed by atoms with Crippen LogP contribution in [-0.4, -0.2) is 40.8 Å². The Morgan fingerprint density at radius 2 is 2.10 bits per heavy atom. The summed E-state index contributed by atoms with van der Waals surface area (Å²) in [6, 6.07) is 0.0654. The average Bonchev–Trinajstić information content (AvgIpc) is 2.74. The number of aliphatic hydroxyl groups excluding tert-OH is 1. The summed E-state index contributed by atoms with van der Waals surface area (Å²) in [6.07, 6.45) is 7.97. The fourth-order valence-corrected chi connectivity index (χ4v) is 4.50. The zero-order valence-corrected chi connectivity index (χ0v) is 13.3. The van der Waals surface area contributed by atoms with Crippen LogP contribution in [-0.2, 0) is 0 Å². The molecule has 116 valence electrons. The average molecular weight is 300 g/mol. The summed E-state index contributed by atoms with van der Waals surface area (Å²) in [6.45, 7) is 3.14. The van der Waals surface area contributed by atoms with Crippen molar-refractivity contribution in [1.29, 1.82) is 0 Å². The van der Waals surface area contributed by atoms with Gasteiger partial charge in [0, 0.05) is 29.9 Å². The molecule has 1 heterocycles. The molecule has 2 rings (SSSR count). The summed E-state index contributed by atoms with van der Waals surface area (Å²) < 4.78 is 0.206. The van der Waals surface area contributed by atoms with Gasteiger partial charge in [0.1, 0.15) is 0 Å². The number of hydrogen-bond donors (Lipinski definition) is 3. The number of amides is 2. The highest BCUT2D eigenvalue weighted by atomic mass is 32.2. The highest BCUT2D eigenvalue weighted by Gasteiger charge is 2.30. The smallest absolute Gasteiger partial charge is 0.315 e. The van der Waals surface area contributed by atoms with Gasteiger partial charge in [-0.2, -0.15) is 11.8 Å². The number of carbonyl (C=O) groups is 1. The first-order valence-corrected chi connectivity index (χ1v) is 8.91. The van der Waals surface area contributed by atoms with E-state index in [2.05, 4.69) is 17.6 Å². The normalized spacial score (nSPS) is 34.5. The molecule has 0 aromatic carbocycles. The third-order valence-corrected chi connectivity index (χ3v) is 6.17. The first-order valence-electron chi connectivity index (χ1n) is 7.92. The summed E-state index contributed by atoms with van der Waals surface area (Å²) in [5.41, 5.74) is 0. The Balaban J connectivity index is 1.77. The molecule has 0 aromatic heterocycles. The van der Waals surface area contributed by atoms with Crippen molar-refractivity contribution >= 4 is 17.8 Å². The Bertz CT molecular complexity index is 319. The van der Waals surface area contributed by atoms with Crippen molar-refractivity contribution < 1.29 is 9.90 Å². The lowest BCUT2D eigenvalue weighted by molar-refractivity contribution is 0.179. The number of nitrogens with one attached hydrogen (secondary N) is 2. The monoisotopic (exact) mass is 300 g/mol. The lowest BCUT2D eigenvalue weighted by Gasteiger charge is -2.27. The molecule has 2 aliphatic rings. The third kappa shape index (κ3) is 4.55. The topological polar surface area (TPSA) is 61.4 Å². The molecule has 20 heavy (non-hydrogen) atoms. The molecule has 1 aliphatic carbocycles. The fraction of sp³-hybridized carbons (Fsp3) is 0.933. The number of thioether (sulfide) groups is 1. The first-order chi connectivity index (χ1) is 9.63. The molecule has 0 aromatic rings. The number of rotatable bonds is 4. The molecule has 5 heteroatoms. The Labute approximate surface area is 126 Å². The molecule has 4 nitrogen and oxygen atoms in total. The van der Waals surface area contributed by atoms with Crippen molar-refractivity contribution in [3.63, 3.8) is 0 Å². The van der Waals surface area contributed by atoms with Crippen molar-refractivity contribution in [2.75, 3.05) is 18.9 Å². The molecule has 1 saturated heterocycles. The predicted molar refractivity (Wildman–Crippen MR) is 84.1 cm³/mol. The van der Waals surface area contributed by atoms with Gasteiger partial charge in [-0.1, -0.05) is 19.3 Å². The first kappa shape index (κ1) is 16.0. The van der Waals surface area contributed by atoms with Crippen LogP contribution >= 0.6 is 11.8 Å². The highest BCUT2D eigenvalue weighted by molar-refractivity contribution is 8.00. The summed E-state index contributed by atoms with van der Waals surface area (Å²) in [4.78, 5) is 12.1. The van der Waals surface area contributed by atoms with E-state index in [0.29, 0.717) is 0 Å². The fourth-order valence-electron chi connectivity index (χ4n) is 3.26. The largest absolute Gasteiger partial charge is 0.396 e. The van der Waals surface area contributed by atoms with Crippen molar-refractivity contribution in [3.05, 3.63) is 0 Å². The number of aliphatic hydroxyl groups is 1. The van der Waals surface area contributed by atoms with Crippen LogP contribution in [0.2, 0.25) is 0 Å². The molecule has 3 N–H and O–H groups in total. The zero-order valence-electron chi connectivity index (χ0n) is 12.5. The quantitative estimate of drug-likeness (QED) is 0.699. The second-order valence-electron chi connectivity index (χ2n) is 6.42. The van der Waals surface area contributed by atoms with E-state index in [9.17, 15) is 9.90 Å². The van der Waals surface area contributed by atoms with Gasteiger partial charge in [-0.05, 0) is 38.4 Å². The molecular weight excluding hydrogens is 272 g/mol. The maximum Gasteiger partial charge on any atom is 0.315 e. The SMILES string of the molecule is CC1(CNC(=O)NC2CCCCCC2CO)CCCS1. The van der Waals surface area contributed by atoms with Gasteiger partial charge in [-0.3, -0.25) is 0 Å². The molecule has 3 unspecified atom stereocenters. The van der Waals surface area contributed by atoms with Crippen LogP contribution in [0.15, 0.2) is 0 Å². The molecule has 2 fully saturated rings. The molecule has 0 radical (unpaired) electrons. The lowest BCUT2D eigenvalue weighted by atomic mass is 9.96. The van der Waals surface area contributed by atoms with Crippen LogP contribution in [0.1, 0.15) is 51.9 Å². The van der Waals surface area contributed by atoms with E-state index in [4.69, 9.17) is 0 Å². The van der Waals surface area contributed by atoms with Crippen LogP contribution < -0.4 is 10.6 Å². The standard InChI is InChI=1S/C15H28N2O2S/c1-15(8-5-9-20-15)11-16-14(19)17-13-7-4-2-3-6-12(13)10-18/h12-13,18H,2-11H2,1H3,(H2,16,17,19). The van der Waals surface area contributed by atoms with E-state index in [1.54, 1.807) is 0 Å². The summed E-state index contributed by atoms with van der Waals surface area (Å²) in [5.74, 6) is 1.43. The van der Waals surface area contributed by atoms with Crippen LogP contribution in [0.5, 0.6) is 0 Å². The van der Waals surface area contributed by atoms with Crippen LogP contribution in [0.4, 0.5) is 4.79 Å². The molecule has 0 bridgehead atoms. The molecule has 2 amide bonds. The zero-order chi connectivity index (χ0) is 14.4. The lowest BCUT2D eigenvalue weighted by Crippen LogP contribution is -2.48. The Kier molecular flexibility index (Phi) is 6.02. The molecular formula is C15H28N2O2S. The number of hydrogen-bond acceptors (Lipinski definition) is 3. The summed E-state index contributed by atoms with van der Waals surface area (Å²) in [5, 5.41) is 15.6. The van der Waals surface area contributed by atoms with Crippen molar-refractivity contribution in [3.8, 4) is 0 Å². The van der Waals surface area contributed by atoms with Crippen LogP contribution in [0, 0.1) is 5.92 Å². The molecule has 3 atom stereocenters. The van der Waals surface area contributed by atoms with Gasteiger partial charge in [0.15, 0.2) is 0 Å². The van der Waals surface area contributed by atoms with Crippen LogP contribution in [0.3, 0.4) is 0 Å². The van der Waals surface area contributed by atoms with E-state index >= 15 is 0 Å². The minimum absolute atomic E-state index is 0.0657. The Morgan fingerprint density at radius 3 is 2.80 bits per heavy atom. The van der Waals surface area contributed by atoms with Gasteiger partial charge in [0.25, 0.3) is 0 Å². The Morgan fingerprint density at radius 1 is 1.30 bits per heavy atom. The van der Waals surface area contributed by atoms with E-state index in [1.165, 1.54) is 31.4 Å². The second kappa shape index (κ2) is 7.55. The van der Waals surface area contributed by atoms with Crippen molar-refractivity contribution in [1.82, 2.24) is 10.6 Å². The van der Waals surface area contributed by atoms with E-state index in [1.807, 2.05) is 11.8 Å². The van der Waals surface area contributed by atoms with Crippen LogP contribution in [0.25, 0.3) is 0 Å². The second-order valence-corrected chi connectivity index (χ2v) is 8.10. The third-order valence-electron chi connectivity index (χ3n) is 4.63. The van der Waals surface area contributed by atoms with Gasteiger partial charge < -0.3 is 15.7 Å². The maximum atomic E-state index is 12.1. The van der Waals surface area contributed by atoms with E-state index in [-0.39, 0.29) is 29.3 Å². The predicted octanol–water partition coefficient (Wildman–Crippen LogP) is 2.51. The van der Waals surface area contributed by atoms with Gasteiger partial charge >= 0.3 is 6.03 Å². The highest BCUT2D eigenvalue weighted by Crippen LogP contribution is 2.36. The number of urea groups is 1. The molecule has 1 aliphatic heterocycles.